The van der Waals surface area contributed by atoms with Crippen LogP contribution >= 0.6 is 0 Å². The summed E-state index contributed by atoms with van der Waals surface area (Å²) in [5.41, 5.74) is 8.38. The molecule has 0 saturated carbocycles. The highest BCUT2D eigenvalue weighted by Gasteiger charge is 2.19. The molecule has 0 spiro atoms. The summed E-state index contributed by atoms with van der Waals surface area (Å²) < 4.78 is 0. The van der Waals surface area contributed by atoms with Gasteiger partial charge in [-0.25, -0.2) is 0 Å². The van der Waals surface area contributed by atoms with Crippen LogP contribution in [0.4, 0.5) is 0 Å². The second kappa shape index (κ2) is 6.91. The Morgan fingerprint density at radius 2 is 1.57 bits per heavy atom. The van der Waals surface area contributed by atoms with Crippen molar-refractivity contribution in [3.05, 3.63) is 69.8 Å². The second-order valence-corrected chi connectivity index (χ2v) is 5.86. The van der Waals surface area contributed by atoms with Crippen LogP contribution in [0.5, 0.6) is 0 Å². The fraction of sp³-hybridized carbons (Fsp3) is 0.400. The van der Waals surface area contributed by atoms with Crippen molar-refractivity contribution in [1.82, 2.24) is 5.32 Å². The molecule has 0 heterocycles. The molecule has 1 N–H and O–H groups in total. The molecule has 21 heavy (non-hydrogen) atoms. The Hall–Kier alpha value is -1.60. The van der Waals surface area contributed by atoms with Crippen LogP contribution in [0.1, 0.15) is 53.3 Å². The Bertz CT molecular complexity index is 590. The summed E-state index contributed by atoms with van der Waals surface area (Å²) >= 11 is 0. The molecular weight excluding hydrogens is 254 g/mol. The van der Waals surface area contributed by atoms with Gasteiger partial charge in [0.1, 0.15) is 0 Å². The SMILES string of the molecule is CCNC(c1ccccc1CC)c1c(C)cc(C)cc1C. The summed E-state index contributed by atoms with van der Waals surface area (Å²) in [6, 6.07) is 13.7. The van der Waals surface area contributed by atoms with Crippen molar-refractivity contribution < 1.29 is 0 Å². The lowest BCUT2D eigenvalue weighted by Gasteiger charge is -2.25. The minimum atomic E-state index is 0.284. The van der Waals surface area contributed by atoms with Crippen molar-refractivity contribution in [2.75, 3.05) is 6.54 Å². The van der Waals surface area contributed by atoms with E-state index in [2.05, 4.69) is 76.3 Å². The summed E-state index contributed by atoms with van der Waals surface area (Å²) in [6.07, 6.45) is 1.07. The number of hydrogen-bond acceptors (Lipinski definition) is 1. The molecule has 112 valence electrons. The van der Waals surface area contributed by atoms with E-state index in [-0.39, 0.29) is 6.04 Å². The average molecular weight is 281 g/mol. The number of rotatable bonds is 5. The first-order valence-electron chi connectivity index (χ1n) is 7.97. The normalized spacial score (nSPS) is 12.4. The molecule has 2 aromatic rings. The maximum atomic E-state index is 3.69. The topological polar surface area (TPSA) is 12.0 Å². The molecule has 0 bridgehead atoms. The van der Waals surface area contributed by atoms with Gasteiger partial charge in [-0.1, -0.05) is 55.8 Å². The predicted octanol–water partition coefficient (Wildman–Crippen LogP) is 4.87. The molecule has 0 aromatic heterocycles. The van der Waals surface area contributed by atoms with Crippen molar-refractivity contribution in [3.8, 4) is 0 Å². The molecule has 1 atom stereocenters. The van der Waals surface area contributed by atoms with E-state index in [1.54, 1.807) is 0 Å². The number of benzene rings is 2. The molecule has 0 radical (unpaired) electrons. The largest absolute Gasteiger partial charge is 0.307 e. The first kappa shape index (κ1) is 15.8. The summed E-state index contributed by atoms with van der Waals surface area (Å²) in [7, 11) is 0. The molecule has 0 amide bonds. The van der Waals surface area contributed by atoms with Crippen molar-refractivity contribution in [2.24, 2.45) is 0 Å². The van der Waals surface area contributed by atoms with Crippen LogP contribution in [0, 0.1) is 20.8 Å². The summed E-state index contributed by atoms with van der Waals surface area (Å²) in [6.45, 7) is 12.0. The Balaban J connectivity index is 2.59. The lowest BCUT2D eigenvalue weighted by atomic mass is 9.87. The van der Waals surface area contributed by atoms with Crippen molar-refractivity contribution in [3.63, 3.8) is 0 Å². The third kappa shape index (κ3) is 3.36. The van der Waals surface area contributed by atoms with Gasteiger partial charge < -0.3 is 5.32 Å². The standard InChI is InChI=1S/C20H27N/c1-6-17-10-8-9-11-18(17)20(21-7-2)19-15(4)12-14(3)13-16(19)5/h8-13,20-21H,6-7H2,1-5H3. The van der Waals surface area contributed by atoms with Gasteiger partial charge in [0, 0.05) is 0 Å². The molecular formula is C20H27N. The van der Waals surface area contributed by atoms with E-state index in [1.807, 2.05) is 0 Å². The molecule has 0 fully saturated rings. The molecule has 2 rings (SSSR count). The zero-order valence-electron chi connectivity index (χ0n) is 14.0. The zero-order chi connectivity index (χ0) is 15.4. The average Bonchev–Trinajstić information content (AvgIpc) is 2.45. The van der Waals surface area contributed by atoms with Gasteiger partial charge in [0.05, 0.1) is 6.04 Å². The highest BCUT2D eigenvalue weighted by atomic mass is 14.9. The van der Waals surface area contributed by atoms with Gasteiger partial charge in [0.25, 0.3) is 0 Å². The Labute approximate surface area is 129 Å². The zero-order valence-corrected chi connectivity index (χ0v) is 14.0. The Morgan fingerprint density at radius 3 is 2.14 bits per heavy atom. The van der Waals surface area contributed by atoms with Crippen LogP contribution in [0.2, 0.25) is 0 Å². The van der Waals surface area contributed by atoms with Crippen LogP contribution in [0.3, 0.4) is 0 Å². The predicted molar refractivity (Wildman–Crippen MR) is 92.0 cm³/mol. The third-order valence-electron chi connectivity index (χ3n) is 4.18. The van der Waals surface area contributed by atoms with Crippen molar-refractivity contribution in [2.45, 2.75) is 47.1 Å². The summed E-state index contributed by atoms with van der Waals surface area (Å²) in [4.78, 5) is 0. The number of aryl methyl sites for hydroxylation is 4. The van der Waals surface area contributed by atoms with Gasteiger partial charge in [-0.15, -0.1) is 0 Å². The van der Waals surface area contributed by atoms with Gasteiger partial charge in [-0.3, -0.25) is 0 Å². The van der Waals surface area contributed by atoms with Gasteiger partial charge in [0.15, 0.2) is 0 Å². The minimum Gasteiger partial charge on any atom is -0.307 e. The van der Waals surface area contributed by atoms with E-state index in [0.29, 0.717) is 0 Å². The van der Waals surface area contributed by atoms with E-state index < -0.39 is 0 Å². The lowest BCUT2D eigenvalue weighted by molar-refractivity contribution is 0.619. The van der Waals surface area contributed by atoms with Crippen LogP contribution in [-0.4, -0.2) is 6.54 Å². The van der Waals surface area contributed by atoms with Gasteiger partial charge in [-0.2, -0.15) is 0 Å². The van der Waals surface area contributed by atoms with E-state index in [0.717, 1.165) is 13.0 Å². The first-order chi connectivity index (χ1) is 10.1. The number of hydrogen-bond donors (Lipinski definition) is 1. The van der Waals surface area contributed by atoms with Crippen molar-refractivity contribution in [1.29, 1.82) is 0 Å². The van der Waals surface area contributed by atoms with Gasteiger partial charge >= 0.3 is 0 Å². The van der Waals surface area contributed by atoms with Crippen LogP contribution in [-0.2, 0) is 6.42 Å². The van der Waals surface area contributed by atoms with E-state index in [4.69, 9.17) is 0 Å². The van der Waals surface area contributed by atoms with Crippen LogP contribution in [0.25, 0.3) is 0 Å². The smallest absolute Gasteiger partial charge is 0.0584 e. The van der Waals surface area contributed by atoms with Crippen molar-refractivity contribution >= 4 is 0 Å². The molecule has 1 heteroatoms. The fourth-order valence-electron chi connectivity index (χ4n) is 3.36. The summed E-state index contributed by atoms with van der Waals surface area (Å²) in [5, 5.41) is 3.69. The maximum Gasteiger partial charge on any atom is 0.0584 e. The molecule has 0 aliphatic carbocycles. The minimum absolute atomic E-state index is 0.284. The van der Waals surface area contributed by atoms with E-state index in [9.17, 15) is 0 Å². The second-order valence-electron chi connectivity index (χ2n) is 5.86. The van der Waals surface area contributed by atoms with Gasteiger partial charge in [-0.05, 0) is 61.6 Å². The highest BCUT2D eigenvalue weighted by molar-refractivity contribution is 5.46. The van der Waals surface area contributed by atoms with Gasteiger partial charge in [0.2, 0.25) is 0 Å². The monoisotopic (exact) mass is 281 g/mol. The number of nitrogens with one attached hydrogen (secondary N) is 1. The van der Waals surface area contributed by atoms with Crippen LogP contribution < -0.4 is 5.32 Å². The Kier molecular flexibility index (Phi) is 5.19. The quantitative estimate of drug-likeness (QED) is 0.824. The maximum absolute atomic E-state index is 3.69. The van der Waals surface area contributed by atoms with E-state index in [1.165, 1.54) is 33.4 Å². The van der Waals surface area contributed by atoms with Crippen LogP contribution in [0.15, 0.2) is 36.4 Å². The Morgan fingerprint density at radius 1 is 0.952 bits per heavy atom. The molecule has 0 aliphatic heterocycles. The molecule has 2 aromatic carbocycles. The summed E-state index contributed by atoms with van der Waals surface area (Å²) in [5.74, 6) is 0. The van der Waals surface area contributed by atoms with E-state index >= 15 is 0 Å². The fourth-order valence-corrected chi connectivity index (χ4v) is 3.36. The lowest BCUT2D eigenvalue weighted by Crippen LogP contribution is -2.24. The molecule has 0 aliphatic rings. The third-order valence-corrected chi connectivity index (χ3v) is 4.18. The first-order valence-corrected chi connectivity index (χ1v) is 7.97. The molecule has 1 unspecified atom stereocenters. The molecule has 1 nitrogen and oxygen atoms in total. The molecule has 0 saturated heterocycles. The highest BCUT2D eigenvalue weighted by Crippen LogP contribution is 2.31.